The Morgan fingerprint density at radius 3 is 3.00 bits per heavy atom. The molecule has 0 aliphatic carbocycles. The van der Waals surface area contributed by atoms with Gasteiger partial charge in [0.15, 0.2) is 0 Å². The Balaban J connectivity index is 2.08. The SMILES string of the molecule is CCO[C](C)CC1CCCO1. The van der Waals surface area contributed by atoms with Gasteiger partial charge in [-0.15, -0.1) is 0 Å². The van der Waals surface area contributed by atoms with E-state index in [1.54, 1.807) is 0 Å². The summed E-state index contributed by atoms with van der Waals surface area (Å²) in [5, 5.41) is 0. The zero-order valence-corrected chi connectivity index (χ0v) is 7.43. The van der Waals surface area contributed by atoms with Crippen molar-refractivity contribution < 1.29 is 9.47 Å². The van der Waals surface area contributed by atoms with Crippen molar-refractivity contribution in [1.82, 2.24) is 0 Å². The lowest BCUT2D eigenvalue weighted by atomic mass is 10.1. The second-order valence-electron chi connectivity index (χ2n) is 2.97. The van der Waals surface area contributed by atoms with E-state index in [2.05, 4.69) is 0 Å². The molecule has 0 bridgehead atoms. The van der Waals surface area contributed by atoms with Gasteiger partial charge in [0.2, 0.25) is 0 Å². The van der Waals surface area contributed by atoms with Crippen LogP contribution in [-0.4, -0.2) is 19.3 Å². The number of ether oxygens (including phenoxy) is 2. The molecule has 1 rings (SSSR count). The molecule has 0 aromatic heterocycles. The number of rotatable bonds is 4. The summed E-state index contributed by atoms with van der Waals surface area (Å²) in [7, 11) is 0. The van der Waals surface area contributed by atoms with E-state index in [9.17, 15) is 0 Å². The van der Waals surface area contributed by atoms with Crippen LogP contribution in [0.4, 0.5) is 0 Å². The minimum Gasteiger partial charge on any atom is -0.378 e. The van der Waals surface area contributed by atoms with Crippen molar-refractivity contribution in [2.75, 3.05) is 13.2 Å². The molecule has 1 aliphatic rings. The molecule has 65 valence electrons. The molecule has 1 fully saturated rings. The lowest BCUT2D eigenvalue weighted by Crippen LogP contribution is -2.11. The zero-order valence-electron chi connectivity index (χ0n) is 7.43. The van der Waals surface area contributed by atoms with Crippen molar-refractivity contribution in [3.8, 4) is 0 Å². The molecule has 0 aromatic rings. The maximum Gasteiger partial charge on any atom is 0.0965 e. The van der Waals surface area contributed by atoms with E-state index < -0.39 is 0 Å². The maximum absolute atomic E-state index is 5.47. The minimum atomic E-state index is 0.432. The molecule has 2 heteroatoms. The van der Waals surface area contributed by atoms with Crippen LogP contribution in [0.2, 0.25) is 0 Å². The van der Waals surface area contributed by atoms with E-state index in [0.29, 0.717) is 6.10 Å². The zero-order chi connectivity index (χ0) is 8.10. The van der Waals surface area contributed by atoms with Gasteiger partial charge in [-0.1, -0.05) is 0 Å². The predicted octanol–water partition coefficient (Wildman–Crippen LogP) is 2.14. The highest BCUT2D eigenvalue weighted by molar-refractivity contribution is 4.79. The fraction of sp³-hybridized carbons (Fsp3) is 0.889. The highest BCUT2D eigenvalue weighted by Gasteiger charge is 2.18. The third-order valence-corrected chi connectivity index (χ3v) is 1.93. The van der Waals surface area contributed by atoms with Gasteiger partial charge in [0, 0.05) is 19.6 Å². The molecule has 0 N–H and O–H groups in total. The van der Waals surface area contributed by atoms with Crippen LogP contribution in [0.1, 0.15) is 33.1 Å². The van der Waals surface area contributed by atoms with Gasteiger partial charge in [-0.25, -0.2) is 0 Å². The first kappa shape index (κ1) is 9.01. The van der Waals surface area contributed by atoms with Crippen molar-refractivity contribution >= 4 is 0 Å². The van der Waals surface area contributed by atoms with E-state index in [1.165, 1.54) is 12.8 Å². The Morgan fingerprint density at radius 2 is 2.45 bits per heavy atom. The highest BCUT2D eigenvalue weighted by atomic mass is 16.5. The summed E-state index contributed by atoms with van der Waals surface area (Å²) in [6, 6.07) is 0. The van der Waals surface area contributed by atoms with Gasteiger partial charge in [-0.2, -0.15) is 0 Å². The molecule has 11 heavy (non-hydrogen) atoms. The van der Waals surface area contributed by atoms with Crippen LogP contribution in [0.15, 0.2) is 0 Å². The normalized spacial score (nSPS) is 24.8. The van der Waals surface area contributed by atoms with Crippen LogP contribution in [0.3, 0.4) is 0 Å². The minimum absolute atomic E-state index is 0.432. The summed E-state index contributed by atoms with van der Waals surface area (Å²) in [6.07, 6.45) is 4.93. The van der Waals surface area contributed by atoms with Crippen molar-refractivity contribution in [3.63, 3.8) is 0 Å². The van der Waals surface area contributed by atoms with E-state index in [-0.39, 0.29) is 0 Å². The Hall–Kier alpha value is -0.0800. The number of hydrogen-bond donors (Lipinski definition) is 0. The van der Waals surface area contributed by atoms with Crippen LogP contribution in [-0.2, 0) is 9.47 Å². The van der Waals surface area contributed by atoms with Gasteiger partial charge in [0.05, 0.1) is 12.2 Å². The summed E-state index contributed by atoms with van der Waals surface area (Å²) >= 11 is 0. The fourth-order valence-corrected chi connectivity index (χ4v) is 1.43. The summed E-state index contributed by atoms with van der Waals surface area (Å²) in [5.74, 6) is 0. The van der Waals surface area contributed by atoms with Crippen LogP contribution >= 0.6 is 0 Å². The topological polar surface area (TPSA) is 18.5 Å². The molecule has 0 amide bonds. The Bertz CT molecular complexity index is 97.7. The molecular weight excluding hydrogens is 140 g/mol. The van der Waals surface area contributed by atoms with Gasteiger partial charge in [-0.3, -0.25) is 0 Å². The highest BCUT2D eigenvalue weighted by Crippen LogP contribution is 2.21. The first-order valence-electron chi connectivity index (χ1n) is 4.39. The number of hydrogen-bond acceptors (Lipinski definition) is 2. The van der Waals surface area contributed by atoms with Crippen LogP contribution < -0.4 is 0 Å². The average Bonchev–Trinajstić information content (AvgIpc) is 2.40. The van der Waals surface area contributed by atoms with Crippen LogP contribution in [0.25, 0.3) is 0 Å². The molecular formula is C9H17O2. The van der Waals surface area contributed by atoms with Crippen molar-refractivity contribution in [2.45, 2.75) is 39.2 Å². The van der Waals surface area contributed by atoms with Crippen LogP contribution in [0.5, 0.6) is 0 Å². The third kappa shape index (κ3) is 3.21. The molecule has 1 aliphatic heterocycles. The standard InChI is InChI=1S/C9H17O2/c1-3-10-8(2)7-9-5-4-6-11-9/h9H,3-7H2,1-2H3. The monoisotopic (exact) mass is 157 g/mol. The Morgan fingerprint density at radius 1 is 1.64 bits per heavy atom. The molecule has 1 unspecified atom stereocenters. The second-order valence-corrected chi connectivity index (χ2v) is 2.97. The largest absolute Gasteiger partial charge is 0.378 e. The quantitative estimate of drug-likeness (QED) is 0.622. The Labute approximate surface area is 68.9 Å². The lowest BCUT2D eigenvalue weighted by Gasteiger charge is -2.14. The summed E-state index contributed by atoms with van der Waals surface area (Å²) in [6.45, 7) is 5.76. The van der Waals surface area contributed by atoms with Crippen LogP contribution in [0, 0.1) is 6.10 Å². The second kappa shape index (κ2) is 4.73. The van der Waals surface area contributed by atoms with Gasteiger partial charge in [0.1, 0.15) is 0 Å². The first-order chi connectivity index (χ1) is 5.33. The van der Waals surface area contributed by atoms with E-state index >= 15 is 0 Å². The Kier molecular flexibility index (Phi) is 3.87. The van der Waals surface area contributed by atoms with Gasteiger partial charge in [-0.05, 0) is 26.7 Å². The molecule has 0 aromatic carbocycles. The molecule has 0 saturated carbocycles. The summed E-state index contributed by atoms with van der Waals surface area (Å²) in [4.78, 5) is 0. The molecule has 2 nitrogen and oxygen atoms in total. The maximum atomic E-state index is 5.47. The van der Waals surface area contributed by atoms with Gasteiger partial charge in [0.25, 0.3) is 0 Å². The van der Waals surface area contributed by atoms with E-state index in [4.69, 9.17) is 9.47 Å². The van der Waals surface area contributed by atoms with E-state index in [1.807, 2.05) is 13.8 Å². The summed E-state index contributed by atoms with van der Waals surface area (Å²) in [5.41, 5.74) is 0. The predicted molar refractivity (Wildman–Crippen MR) is 44.1 cm³/mol. The van der Waals surface area contributed by atoms with Crippen molar-refractivity contribution in [1.29, 1.82) is 0 Å². The molecule has 0 spiro atoms. The first-order valence-corrected chi connectivity index (χ1v) is 4.39. The molecule has 1 atom stereocenters. The fourth-order valence-electron chi connectivity index (χ4n) is 1.43. The van der Waals surface area contributed by atoms with Gasteiger partial charge < -0.3 is 9.47 Å². The average molecular weight is 157 g/mol. The van der Waals surface area contributed by atoms with Gasteiger partial charge >= 0.3 is 0 Å². The van der Waals surface area contributed by atoms with E-state index in [0.717, 1.165) is 25.7 Å². The van der Waals surface area contributed by atoms with Crippen molar-refractivity contribution in [2.24, 2.45) is 0 Å². The smallest absolute Gasteiger partial charge is 0.0965 e. The lowest BCUT2D eigenvalue weighted by molar-refractivity contribution is 0.0690. The molecule has 1 heterocycles. The molecule has 1 saturated heterocycles. The third-order valence-electron chi connectivity index (χ3n) is 1.93. The summed E-state index contributed by atoms with van der Waals surface area (Å²) < 4.78 is 10.8. The molecule has 1 radical (unpaired) electrons. The van der Waals surface area contributed by atoms with Crippen molar-refractivity contribution in [3.05, 3.63) is 6.10 Å².